The van der Waals surface area contributed by atoms with Gasteiger partial charge in [0.2, 0.25) is 0 Å². The second-order valence-corrected chi connectivity index (χ2v) is 6.63. The van der Waals surface area contributed by atoms with Crippen LogP contribution in [0.15, 0.2) is 6.33 Å². The molecule has 2 unspecified atom stereocenters. The summed E-state index contributed by atoms with van der Waals surface area (Å²) in [4.78, 5) is 8.76. The Bertz CT molecular complexity index is 424. The predicted molar refractivity (Wildman–Crippen MR) is 88.7 cm³/mol. The van der Waals surface area contributed by atoms with Crippen molar-refractivity contribution in [2.75, 3.05) is 23.4 Å². The Labute approximate surface area is 126 Å². The molecule has 4 nitrogen and oxygen atoms in total. The normalized spacial score (nSPS) is 22.6. The lowest BCUT2D eigenvalue weighted by molar-refractivity contribution is 0.472. The molecule has 0 bridgehead atoms. The van der Waals surface area contributed by atoms with Crippen LogP contribution in [0.25, 0.3) is 0 Å². The summed E-state index contributed by atoms with van der Waals surface area (Å²) in [5, 5.41) is 7.78. The molecule has 1 saturated carbocycles. The van der Waals surface area contributed by atoms with Crippen LogP contribution in [0.5, 0.6) is 0 Å². The zero-order chi connectivity index (χ0) is 14.4. The standard InChI is InChI=1S/C15H26N4S/c1-4-8-16-14-11(2)15(18-10-17-14)19-12-6-5-7-13(9-12)20-3/h10,12-13H,4-9H2,1-3H3,(H2,16,17,18,19). The van der Waals surface area contributed by atoms with Gasteiger partial charge in [-0.1, -0.05) is 13.3 Å². The predicted octanol–water partition coefficient (Wildman–Crippen LogP) is 3.69. The van der Waals surface area contributed by atoms with Crippen molar-refractivity contribution in [2.45, 2.75) is 57.2 Å². The molecule has 0 amide bonds. The van der Waals surface area contributed by atoms with Gasteiger partial charge in [0.25, 0.3) is 0 Å². The van der Waals surface area contributed by atoms with E-state index in [1.165, 1.54) is 25.7 Å². The minimum atomic E-state index is 0.550. The lowest BCUT2D eigenvalue weighted by Gasteiger charge is -2.29. The van der Waals surface area contributed by atoms with Gasteiger partial charge in [0.15, 0.2) is 0 Å². The fourth-order valence-corrected chi connectivity index (χ4v) is 3.53. The Morgan fingerprint density at radius 2 is 2.10 bits per heavy atom. The molecule has 2 N–H and O–H groups in total. The molecule has 2 atom stereocenters. The molecule has 5 heteroatoms. The molecule has 1 aliphatic rings. The molecule has 0 aliphatic heterocycles. The molecule has 1 heterocycles. The van der Waals surface area contributed by atoms with Crippen LogP contribution < -0.4 is 10.6 Å². The summed E-state index contributed by atoms with van der Waals surface area (Å²) in [6.45, 7) is 5.21. The van der Waals surface area contributed by atoms with Gasteiger partial charge in [-0.05, 0) is 38.9 Å². The molecular formula is C15H26N4S. The zero-order valence-electron chi connectivity index (χ0n) is 12.8. The first-order chi connectivity index (χ1) is 9.74. The van der Waals surface area contributed by atoms with Crippen LogP contribution in [0.1, 0.15) is 44.6 Å². The number of thioether (sulfide) groups is 1. The Kier molecular flexibility index (Phi) is 5.95. The number of nitrogens with one attached hydrogen (secondary N) is 2. The van der Waals surface area contributed by atoms with E-state index in [1.54, 1.807) is 6.33 Å². The quantitative estimate of drug-likeness (QED) is 0.838. The summed E-state index contributed by atoms with van der Waals surface area (Å²) in [7, 11) is 0. The van der Waals surface area contributed by atoms with E-state index in [0.717, 1.165) is 35.4 Å². The molecule has 1 fully saturated rings. The first kappa shape index (κ1) is 15.4. The van der Waals surface area contributed by atoms with Crippen molar-refractivity contribution < 1.29 is 0 Å². The highest BCUT2D eigenvalue weighted by Gasteiger charge is 2.22. The SMILES string of the molecule is CCCNc1ncnc(NC2CCCC(SC)C2)c1C. The van der Waals surface area contributed by atoms with Crippen molar-refractivity contribution in [3.63, 3.8) is 0 Å². The van der Waals surface area contributed by atoms with Gasteiger partial charge in [0.05, 0.1) is 0 Å². The lowest BCUT2D eigenvalue weighted by atomic mass is 9.95. The lowest BCUT2D eigenvalue weighted by Crippen LogP contribution is -2.29. The Balaban J connectivity index is 2.01. The Morgan fingerprint density at radius 1 is 1.30 bits per heavy atom. The largest absolute Gasteiger partial charge is 0.370 e. The summed E-state index contributed by atoms with van der Waals surface area (Å²) in [6, 6.07) is 0.550. The van der Waals surface area contributed by atoms with Gasteiger partial charge < -0.3 is 10.6 Å². The maximum Gasteiger partial charge on any atom is 0.134 e. The first-order valence-electron chi connectivity index (χ1n) is 7.59. The smallest absolute Gasteiger partial charge is 0.134 e. The average Bonchev–Trinajstić information content (AvgIpc) is 2.48. The number of aromatic nitrogens is 2. The molecule has 1 aromatic rings. The van der Waals surface area contributed by atoms with E-state index in [1.807, 2.05) is 11.8 Å². The molecule has 20 heavy (non-hydrogen) atoms. The van der Waals surface area contributed by atoms with E-state index in [-0.39, 0.29) is 0 Å². The summed E-state index contributed by atoms with van der Waals surface area (Å²) in [5.41, 5.74) is 1.13. The van der Waals surface area contributed by atoms with Gasteiger partial charge in [0.1, 0.15) is 18.0 Å². The fraction of sp³-hybridized carbons (Fsp3) is 0.733. The first-order valence-corrected chi connectivity index (χ1v) is 8.88. The van der Waals surface area contributed by atoms with E-state index in [0.29, 0.717) is 6.04 Å². The number of hydrogen-bond acceptors (Lipinski definition) is 5. The highest BCUT2D eigenvalue weighted by molar-refractivity contribution is 7.99. The second-order valence-electron chi connectivity index (χ2n) is 5.49. The molecule has 1 aromatic heterocycles. The van der Waals surface area contributed by atoms with Gasteiger partial charge in [0, 0.05) is 23.4 Å². The maximum atomic E-state index is 4.42. The topological polar surface area (TPSA) is 49.8 Å². The highest BCUT2D eigenvalue weighted by atomic mass is 32.2. The van der Waals surface area contributed by atoms with E-state index in [2.05, 4.69) is 40.7 Å². The van der Waals surface area contributed by atoms with Crippen LogP contribution in [-0.4, -0.2) is 34.1 Å². The molecule has 112 valence electrons. The molecule has 1 aliphatic carbocycles. The summed E-state index contributed by atoms with van der Waals surface area (Å²) in [5.74, 6) is 1.95. The average molecular weight is 294 g/mol. The Morgan fingerprint density at radius 3 is 2.85 bits per heavy atom. The summed E-state index contributed by atoms with van der Waals surface area (Å²) >= 11 is 1.99. The van der Waals surface area contributed by atoms with Crippen LogP contribution in [0.4, 0.5) is 11.6 Å². The number of anilines is 2. The molecular weight excluding hydrogens is 268 g/mol. The minimum absolute atomic E-state index is 0.550. The van der Waals surface area contributed by atoms with Crippen LogP contribution in [0.3, 0.4) is 0 Å². The molecule has 0 aromatic carbocycles. The van der Waals surface area contributed by atoms with Gasteiger partial charge in [-0.25, -0.2) is 9.97 Å². The highest BCUT2D eigenvalue weighted by Crippen LogP contribution is 2.29. The van der Waals surface area contributed by atoms with Crippen molar-refractivity contribution in [3.8, 4) is 0 Å². The van der Waals surface area contributed by atoms with Crippen molar-refractivity contribution >= 4 is 23.4 Å². The van der Waals surface area contributed by atoms with Crippen LogP contribution in [0, 0.1) is 6.92 Å². The summed E-state index contributed by atoms with van der Waals surface area (Å²) in [6.07, 6.45) is 10.1. The zero-order valence-corrected chi connectivity index (χ0v) is 13.6. The van der Waals surface area contributed by atoms with Crippen LogP contribution in [0.2, 0.25) is 0 Å². The molecule has 2 rings (SSSR count). The van der Waals surface area contributed by atoms with Gasteiger partial charge in [-0.3, -0.25) is 0 Å². The molecule has 0 radical (unpaired) electrons. The van der Waals surface area contributed by atoms with E-state index in [4.69, 9.17) is 0 Å². The summed E-state index contributed by atoms with van der Waals surface area (Å²) < 4.78 is 0. The third-order valence-electron chi connectivity index (χ3n) is 3.93. The number of nitrogens with zero attached hydrogens (tertiary/aromatic N) is 2. The van der Waals surface area contributed by atoms with Crippen LogP contribution in [-0.2, 0) is 0 Å². The van der Waals surface area contributed by atoms with Crippen molar-refractivity contribution in [1.82, 2.24) is 9.97 Å². The van der Waals surface area contributed by atoms with E-state index < -0.39 is 0 Å². The monoisotopic (exact) mass is 294 g/mol. The number of hydrogen-bond donors (Lipinski definition) is 2. The minimum Gasteiger partial charge on any atom is -0.370 e. The van der Waals surface area contributed by atoms with Crippen molar-refractivity contribution in [2.24, 2.45) is 0 Å². The van der Waals surface area contributed by atoms with E-state index >= 15 is 0 Å². The fourth-order valence-electron chi connectivity index (χ4n) is 2.70. The van der Waals surface area contributed by atoms with Crippen molar-refractivity contribution in [3.05, 3.63) is 11.9 Å². The molecule has 0 spiro atoms. The van der Waals surface area contributed by atoms with Crippen molar-refractivity contribution in [1.29, 1.82) is 0 Å². The van der Waals surface area contributed by atoms with Crippen LogP contribution >= 0.6 is 11.8 Å². The van der Waals surface area contributed by atoms with Gasteiger partial charge >= 0.3 is 0 Å². The van der Waals surface area contributed by atoms with Gasteiger partial charge in [-0.2, -0.15) is 11.8 Å². The maximum absolute atomic E-state index is 4.42. The Hall–Kier alpha value is -0.970. The van der Waals surface area contributed by atoms with E-state index in [9.17, 15) is 0 Å². The third-order valence-corrected chi connectivity index (χ3v) is 5.02. The second kappa shape index (κ2) is 7.72. The molecule has 0 saturated heterocycles. The van der Waals surface area contributed by atoms with Gasteiger partial charge in [-0.15, -0.1) is 0 Å². The number of rotatable bonds is 6. The third kappa shape index (κ3) is 4.01.